The molecule has 0 unspecified atom stereocenters. The third kappa shape index (κ3) is 2.55. The van der Waals surface area contributed by atoms with Gasteiger partial charge in [-0.15, -0.1) is 0 Å². The van der Waals surface area contributed by atoms with Crippen molar-refractivity contribution in [3.05, 3.63) is 57.8 Å². The lowest BCUT2D eigenvalue weighted by Gasteiger charge is -2.11. The Morgan fingerprint density at radius 1 is 1.00 bits per heavy atom. The van der Waals surface area contributed by atoms with Gasteiger partial charge in [-0.3, -0.25) is 9.59 Å². The molecule has 0 heterocycles. The zero-order chi connectivity index (χ0) is 14.9. The minimum Gasteiger partial charge on any atom is -0.366 e. The van der Waals surface area contributed by atoms with E-state index in [4.69, 9.17) is 11.5 Å². The zero-order valence-electron chi connectivity index (χ0n) is 10.2. The van der Waals surface area contributed by atoms with Gasteiger partial charge in [-0.25, -0.2) is 4.39 Å². The first kappa shape index (κ1) is 14.2. The second-order valence-electron chi connectivity index (χ2n) is 4.09. The molecule has 4 N–H and O–H groups in total. The van der Waals surface area contributed by atoms with Gasteiger partial charge in [0.2, 0.25) is 11.8 Å². The van der Waals surface area contributed by atoms with Crippen LogP contribution in [0.1, 0.15) is 20.7 Å². The van der Waals surface area contributed by atoms with Gasteiger partial charge in [0.1, 0.15) is 5.82 Å². The smallest absolute Gasteiger partial charge is 0.249 e. The van der Waals surface area contributed by atoms with E-state index in [-0.39, 0.29) is 21.2 Å². The molecule has 2 aromatic rings. The molecule has 20 heavy (non-hydrogen) atoms. The third-order valence-corrected chi connectivity index (χ3v) is 3.45. The van der Waals surface area contributed by atoms with Crippen LogP contribution in [-0.2, 0) is 0 Å². The average molecular weight is 337 g/mol. The Morgan fingerprint density at radius 2 is 1.55 bits per heavy atom. The van der Waals surface area contributed by atoms with Gasteiger partial charge in [0, 0.05) is 16.7 Å². The van der Waals surface area contributed by atoms with E-state index in [1.54, 1.807) is 6.07 Å². The Labute approximate surface area is 122 Å². The molecule has 2 aromatic carbocycles. The standard InChI is InChI=1S/C14H10BrFN2O2/c15-10-5-4-7(6-11(10)16)12-8(13(17)19)2-1-3-9(12)14(18)20/h1-6H,(H2,17,19)(H2,18,20). The molecule has 0 aliphatic carbocycles. The van der Waals surface area contributed by atoms with Gasteiger partial charge < -0.3 is 11.5 Å². The summed E-state index contributed by atoms with van der Waals surface area (Å²) in [6, 6.07) is 8.68. The summed E-state index contributed by atoms with van der Waals surface area (Å²) >= 11 is 3.04. The second kappa shape index (κ2) is 5.42. The van der Waals surface area contributed by atoms with Crippen LogP contribution in [-0.4, -0.2) is 11.8 Å². The predicted molar refractivity (Wildman–Crippen MR) is 76.6 cm³/mol. The summed E-state index contributed by atoms with van der Waals surface area (Å²) < 4.78 is 13.9. The maximum absolute atomic E-state index is 13.7. The first-order chi connectivity index (χ1) is 9.41. The van der Waals surface area contributed by atoms with Crippen LogP contribution in [0.5, 0.6) is 0 Å². The van der Waals surface area contributed by atoms with Gasteiger partial charge in [-0.2, -0.15) is 0 Å². The number of rotatable bonds is 3. The van der Waals surface area contributed by atoms with Crippen LogP contribution in [0, 0.1) is 5.82 Å². The summed E-state index contributed by atoms with van der Waals surface area (Å²) in [4.78, 5) is 23.0. The van der Waals surface area contributed by atoms with E-state index in [0.29, 0.717) is 5.56 Å². The molecule has 2 rings (SSSR count). The van der Waals surface area contributed by atoms with Crippen LogP contribution < -0.4 is 11.5 Å². The van der Waals surface area contributed by atoms with E-state index >= 15 is 0 Å². The number of halogens is 2. The summed E-state index contributed by atoms with van der Waals surface area (Å²) in [5, 5.41) is 0. The van der Waals surface area contributed by atoms with Crippen molar-refractivity contribution in [3.63, 3.8) is 0 Å². The van der Waals surface area contributed by atoms with E-state index in [0.717, 1.165) is 0 Å². The highest BCUT2D eigenvalue weighted by molar-refractivity contribution is 9.10. The first-order valence-corrected chi connectivity index (χ1v) is 6.39. The number of primary amides is 2. The fourth-order valence-corrected chi connectivity index (χ4v) is 2.17. The minimum absolute atomic E-state index is 0.114. The van der Waals surface area contributed by atoms with E-state index in [1.807, 2.05) is 0 Å². The summed E-state index contributed by atoms with van der Waals surface area (Å²) in [7, 11) is 0. The Morgan fingerprint density at radius 3 is 2.00 bits per heavy atom. The van der Waals surface area contributed by atoms with Gasteiger partial charge in [-0.1, -0.05) is 12.1 Å². The van der Waals surface area contributed by atoms with E-state index in [1.165, 1.54) is 30.3 Å². The highest BCUT2D eigenvalue weighted by Gasteiger charge is 2.18. The van der Waals surface area contributed by atoms with Gasteiger partial charge >= 0.3 is 0 Å². The van der Waals surface area contributed by atoms with Crippen LogP contribution in [0.25, 0.3) is 11.1 Å². The molecule has 102 valence electrons. The summed E-state index contributed by atoms with van der Waals surface area (Å²) in [6.45, 7) is 0. The van der Waals surface area contributed by atoms with Crippen molar-refractivity contribution in [3.8, 4) is 11.1 Å². The molecule has 0 saturated heterocycles. The Balaban J connectivity index is 2.79. The predicted octanol–water partition coefficient (Wildman–Crippen LogP) is 2.45. The fourth-order valence-electron chi connectivity index (χ4n) is 1.93. The van der Waals surface area contributed by atoms with Crippen LogP contribution >= 0.6 is 15.9 Å². The quantitative estimate of drug-likeness (QED) is 0.901. The molecule has 0 saturated carbocycles. The lowest BCUT2D eigenvalue weighted by molar-refractivity contribution is 0.0999. The molecule has 4 nitrogen and oxygen atoms in total. The van der Waals surface area contributed by atoms with Crippen molar-refractivity contribution in [2.45, 2.75) is 0 Å². The van der Waals surface area contributed by atoms with Crippen LogP contribution in [0.15, 0.2) is 40.9 Å². The number of benzene rings is 2. The zero-order valence-corrected chi connectivity index (χ0v) is 11.8. The van der Waals surface area contributed by atoms with E-state index in [2.05, 4.69) is 15.9 Å². The minimum atomic E-state index is -0.716. The monoisotopic (exact) mass is 336 g/mol. The highest BCUT2D eigenvalue weighted by Crippen LogP contribution is 2.30. The number of nitrogens with two attached hydrogens (primary N) is 2. The summed E-state index contributed by atoms with van der Waals surface area (Å²) in [5.41, 5.74) is 11.4. The number of carbonyl (C=O) groups excluding carboxylic acids is 2. The van der Waals surface area contributed by atoms with Crippen molar-refractivity contribution in [1.82, 2.24) is 0 Å². The van der Waals surface area contributed by atoms with Crippen molar-refractivity contribution in [1.29, 1.82) is 0 Å². The van der Waals surface area contributed by atoms with Crippen molar-refractivity contribution < 1.29 is 14.0 Å². The van der Waals surface area contributed by atoms with E-state index < -0.39 is 17.6 Å². The van der Waals surface area contributed by atoms with Gasteiger partial charge in [-0.05, 0) is 45.8 Å². The maximum atomic E-state index is 13.7. The molecule has 0 atom stereocenters. The molecular formula is C14H10BrFN2O2. The second-order valence-corrected chi connectivity index (χ2v) is 4.94. The highest BCUT2D eigenvalue weighted by atomic mass is 79.9. The number of hydrogen-bond donors (Lipinski definition) is 2. The molecule has 0 bridgehead atoms. The molecule has 0 aliphatic rings. The number of hydrogen-bond acceptors (Lipinski definition) is 2. The van der Waals surface area contributed by atoms with Crippen LogP contribution in [0.2, 0.25) is 0 Å². The molecule has 0 spiro atoms. The molecular weight excluding hydrogens is 327 g/mol. The van der Waals surface area contributed by atoms with Crippen molar-refractivity contribution in [2.24, 2.45) is 11.5 Å². The molecule has 0 radical (unpaired) electrons. The summed E-state index contributed by atoms with van der Waals surface area (Å²) in [6.07, 6.45) is 0. The lowest BCUT2D eigenvalue weighted by Crippen LogP contribution is -2.18. The lowest BCUT2D eigenvalue weighted by atomic mass is 9.93. The average Bonchev–Trinajstić information content (AvgIpc) is 2.41. The van der Waals surface area contributed by atoms with Crippen LogP contribution in [0.4, 0.5) is 4.39 Å². The fraction of sp³-hybridized carbons (Fsp3) is 0. The summed E-state index contributed by atoms with van der Waals surface area (Å²) in [5.74, 6) is -1.95. The normalized spacial score (nSPS) is 10.3. The van der Waals surface area contributed by atoms with Gasteiger partial charge in [0.15, 0.2) is 0 Å². The third-order valence-electron chi connectivity index (χ3n) is 2.80. The van der Waals surface area contributed by atoms with Gasteiger partial charge in [0.05, 0.1) is 4.47 Å². The van der Waals surface area contributed by atoms with E-state index in [9.17, 15) is 14.0 Å². The number of amides is 2. The molecule has 0 aromatic heterocycles. The number of carbonyl (C=O) groups is 2. The SMILES string of the molecule is NC(=O)c1cccc(C(N)=O)c1-c1ccc(Br)c(F)c1. The molecule has 0 fully saturated rings. The molecule has 2 amide bonds. The van der Waals surface area contributed by atoms with Crippen molar-refractivity contribution in [2.75, 3.05) is 0 Å². The molecule has 0 aliphatic heterocycles. The Hall–Kier alpha value is -2.21. The van der Waals surface area contributed by atoms with Gasteiger partial charge in [0.25, 0.3) is 0 Å². The topological polar surface area (TPSA) is 86.2 Å². The van der Waals surface area contributed by atoms with Crippen molar-refractivity contribution >= 4 is 27.7 Å². The first-order valence-electron chi connectivity index (χ1n) is 5.60. The Kier molecular flexibility index (Phi) is 3.85. The Bertz CT molecular complexity index is 684. The van der Waals surface area contributed by atoms with Crippen LogP contribution in [0.3, 0.4) is 0 Å². The largest absolute Gasteiger partial charge is 0.366 e. The molecule has 6 heteroatoms. The maximum Gasteiger partial charge on any atom is 0.249 e.